The van der Waals surface area contributed by atoms with Crippen LogP contribution >= 0.6 is 0 Å². The van der Waals surface area contributed by atoms with E-state index in [1.54, 1.807) is 0 Å². The molecule has 0 N–H and O–H groups in total. The van der Waals surface area contributed by atoms with Crippen LogP contribution in [0.1, 0.15) is 120 Å². The third-order valence-corrected chi connectivity index (χ3v) is 13.0. The van der Waals surface area contributed by atoms with Gasteiger partial charge in [-0.1, -0.05) is 67.0 Å². The number of allylic oxidation sites excluding steroid dienone is 2. The van der Waals surface area contributed by atoms with Crippen molar-refractivity contribution in [2.24, 2.45) is 50.2 Å². The molecular weight excluding hydrogens is 388 g/mol. The number of methoxy groups -OCH3 is 1. The van der Waals surface area contributed by atoms with E-state index in [0.29, 0.717) is 33.2 Å². The number of rotatable bonds is 1. The minimum absolute atomic E-state index is 0.288. The third-order valence-electron chi connectivity index (χ3n) is 13.0. The summed E-state index contributed by atoms with van der Waals surface area (Å²) in [5, 5.41) is 0. The van der Waals surface area contributed by atoms with Crippen molar-refractivity contribution in [3.05, 3.63) is 11.6 Å². The predicted molar refractivity (Wildman–Crippen MR) is 136 cm³/mol. The van der Waals surface area contributed by atoms with Crippen molar-refractivity contribution < 1.29 is 4.74 Å². The molecule has 0 amide bonds. The van der Waals surface area contributed by atoms with Gasteiger partial charge in [0.1, 0.15) is 0 Å². The molecule has 8 atom stereocenters. The standard InChI is InChI=1S/C31H52O/c1-26(2)18-19-28(5)14-10-22-30(7)15-11-21-27(3,4)25(32-9)13-17-29(21,6)23(30)12-16-31(22,8)24(28)20-26/h10,21,23-25H,11-20H2,1-9H3. The second-order valence-electron chi connectivity index (χ2n) is 15.5. The van der Waals surface area contributed by atoms with Crippen LogP contribution in [-0.4, -0.2) is 13.2 Å². The van der Waals surface area contributed by atoms with E-state index in [2.05, 4.69) is 61.5 Å². The summed E-state index contributed by atoms with van der Waals surface area (Å²) in [5.41, 5.74) is 4.51. The first-order valence-electron chi connectivity index (χ1n) is 14.0. The quantitative estimate of drug-likeness (QED) is 0.370. The van der Waals surface area contributed by atoms with E-state index in [9.17, 15) is 0 Å². The van der Waals surface area contributed by atoms with Crippen LogP contribution in [0.2, 0.25) is 0 Å². The smallest absolute Gasteiger partial charge is 0.0625 e. The molecule has 5 aliphatic carbocycles. The van der Waals surface area contributed by atoms with Crippen molar-refractivity contribution in [2.45, 2.75) is 126 Å². The molecule has 0 aromatic heterocycles. The topological polar surface area (TPSA) is 9.23 Å². The summed E-state index contributed by atoms with van der Waals surface area (Å²) in [5.74, 6) is 2.49. The van der Waals surface area contributed by atoms with Gasteiger partial charge in [0, 0.05) is 7.11 Å². The second kappa shape index (κ2) is 6.89. The Morgan fingerprint density at radius 2 is 1.34 bits per heavy atom. The highest BCUT2D eigenvalue weighted by Crippen LogP contribution is 2.75. The molecule has 32 heavy (non-hydrogen) atoms. The van der Waals surface area contributed by atoms with E-state index in [-0.39, 0.29) is 5.41 Å². The van der Waals surface area contributed by atoms with Crippen molar-refractivity contribution in [1.29, 1.82) is 0 Å². The molecule has 4 fully saturated rings. The molecule has 1 nitrogen and oxygen atoms in total. The molecule has 0 bridgehead atoms. The number of hydrogen-bond donors (Lipinski definition) is 0. The van der Waals surface area contributed by atoms with Gasteiger partial charge in [-0.05, 0) is 114 Å². The summed E-state index contributed by atoms with van der Waals surface area (Å²) in [4.78, 5) is 0. The average Bonchev–Trinajstić information content (AvgIpc) is 2.68. The maximum absolute atomic E-state index is 6.04. The molecule has 182 valence electrons. The Morgan fingerprint density at radius 1 is 0.719 bits per heavy atom. The third kappa shape index (κ3) is 2.91. The summed E-state index contributed by atoms with van der Waals surface area (Å²) in [6.45, 7) is 20.9. The lowest BCUT2D eigenvalue weighted by Gasteiger charge is -2.70. The van der Waals surface area contributed by atoms with Crippen LogP contribution in [-0.2, 0) is 4.74 Å². The first kappa shape index (κ1) is 23.4. The van der Waals surface area contributed by atoms with Gasteiger partial charge in [0.05, 0.1) is 6.10 Å². The van der Waals surface area contributed by atoms with Crippen molar-refractivity contribution in [3.63, 3.8) is 0 Å². The Hall–Kier alpha value is -0.300. The molecule has 0 radical (unpaired) electrons. The first-order chi connectivity index (χ1) is 14.7. The molecule has 0 saturated heterocycles. The Bertz CT molecular complexity index is 805. The zero-order valence-electron chi connectivity index (χ0n) is 22.9. The van der Waals surface area contributed by atoms with Crippen LogP contribution in [0, 0.1) is 50.2 Å². The normalized spacial score (nSPS) is 53.8. The molecule has 4 saturated carbocycles. The fraction of sp³-hybridized carbons (Fsp3) is 0.935. The Balaban J connectivity index is 1.54. The summed E-state index contributed by atoms with van der Waals surface area (Å²) in [6, 6.07) is 0. The SMILES string of the molecule is COC1CCC2(C)C3CCC4(C)C(=CCC5(C)CCC(C)(C)CC54)C3(C)CCC2C1(C)C. The van der Waals surface area contributed by atoms with E-state index >= 15 is 0 Å². The fourth-order valence-electron chi connectivity index (χ4n) is 11.3. The summed E-state index contributed by atoms with van der Waals surface area (Å²) >= 11 is 0. The summed E-state index contributed by atoms with van der Waals surface area (Å²) in [6.07, 6.45) is 17.1. The molecule has 1 heteroatoms. The Labute approximate surface area is 199 Å². The van der Waals surface area contributed by atoms with Crippen molar-refractivity contribution in [3.8, 4) is 0 Å². The average molecular weight is 441 g/mol. The maximum Gasteiger partial charge on any atom is 0.0625 e. The van der Waals surface area contributed by atoms with Gasteiger partial charge < -0.3 is 4.74 Å². The van der Waals surface area contributed by atoms with Gasteiger partial charge in [-0.15, -0.1) is 0 Å². The minimum Gasteiger partial charge on any atom is -0.381 e. The lowest BCUT2D eigenvalue weighted by Crippen LogP contribution is -2.63. The molecule has 0 aromatic rings. The van der Waals surface area contributed by atoms with Gasteiger partial charge in [-0.25, -0.2) is 0 Å². The minimum atomic E-state index is 0.288. The Kier molecular flexibility index (Phi) is 5.05. The van der Waals surface area contributed by atoms with E-state index in [4.69, 9.17) is 4.74 Å². The Morgan fingerprint density at radius 3 is 2.00 bits per heavy atom. The van der Waals surface area contributed by atoms with E-state index < -0.39 is 0 Å². The molecule has 0 spiro atoms. The number of ether oxygens (including phenoxy) is 1. The molecule has 8 unspecified atom stereocenters. The van der Waals surface area contributed by atoms with E-state index in [0.717, 1.165) is 17.8 Å². The molecule has 0 aromatic carbocycles. The van der Waals surface area contributed by atoms with E-state index in [1.807, 2.05) is 12.7 Å². The van der Waals surface area contributed by atoms with Crippen LogP contribution < -0.4 is 0 Å². The van der Waals surface area contributed by atoms with E-state index in [1.165, 1.54) is 64.2 Å². The zero-order chi connectivity index (χ0) is 23.4. The van der Waals surface area contributed by atoms with Crippen LogP contribution in [0.25, 0.3) is 0 Å². The lowest BCUT2D eigenvalue weighted by molar-refractivity contribution is -0.189. The predicted octanol–water partition coefficient (Wildman–Crippen LogP) is 8.82. The highest BCUT2D eigenvalue weighted by Gasteiger charge is 2.66. The van der Waals surface area contributed by atoms with Crippen LogP contribution in [0.4, 0.5) is 0 Å². The van der Waals surface area contributed by atoms with Gasteiger partial charge in [0.2, 0.25) is 0 Å². The van der Waals surface area contributed by atoms with Crippen LogP contribution in [0.15, 0.2) is 11.6 Å². The van der Waals surface area contributed by atoms with Gasteiger partial charge in [-0.3, -0.25) is 0 Å². The van der Waals surface area contributed by atoms with Crippen molar-refractivity contribution >= 4 is 0 Å². The molecule has 5 rings (SSSR count). The van der Waals surface area contributed by atoms with Crippen LogP contribution in [0.5, 0.6) is 0 Å². The largest absolute Gasteiger partial charge is 0.381 e. The van der Waals surface area contributed by atoms with Gasteiger partial charge in [0.25, 0.3) is 0 Å². The second-order valence-corrected chi connectivity index (χ2v) is 15.5. The van der Waals surface area contributed by atoms with Crippen molar-refractivity contribution in [1.82, 2.24) is 0 Å². The van der Waals surface area contributed by atoms with Crippen LogP contribution in [0.3, 0.4) is 0 Å². The molecule has 0 aliphatic heterocycles. The zero-order valence-corrected chi connectivity index (χ0v) is 22.9. The summed E-state index contributed by atoms with van der Waals surface area (Å²) in [7, 11) is 1.95. The van der Waals surface area contributed by atoms with Gasteiger partial charge >= 0.3 is 0 Å². The maximum atomic E-state index is 6.04. The number of fused-ring (bicyclic) bond motifs is 7. The lowest BCUT2D eigenvalue weighted by atomic mass is 9.35. The molecular formula is C31H52O. The van der Waals surface area contributed by atoms with Gasteiger partial charge in [-0.2, -0.15) is 0 Å². The summed E-state index contributed by atoms with van der Waals surface area (Å²) < 4.78 is 6.04. The monoisotopic (exact) mass is 440 g/mol. The highest BCUT2D eigenvalue weighted by molar-refractivity contribution is 5.34. The molecule has 5 aliphatic rings. The fourth-order valence-corrected chi connectivity index (χ4v) is 11.3. The number of hydrogen-bond acceptors (Lipinski definition) is 1. The highest BCUT2D eigenvalue weighted by atomic mass is 16.5. The van der Waals surface area contributed by atoms with Gasteiger partial charge in [0.15, 0.2) is 0 Å². The van der Waals surface area contributed by atoms with Crippen molar-refractivity contribution in [2.75, 3.05) is 7.11 Å². The first-order valence-corrected chi connectivity index (χ1v) is 14.0. The molecule has 0 heterocycles.